The smallest absolute Gasteiger partial charge is 0.335 e. The number of hydrogen-bond donors (Lipinski definition) is 3. The third-order valence-electron chi connectivity index (χ3n) is 3.43. The van der Waals surface area contributed by atoms with E-state index in [1.165, 1.54) is 43.5 Å². The molecule has 0 unspecified atom stereocenters. The molecule has 2 aromatic rings. The number of phenols is 1. The lowest BCUT2D eigenvalue weighted by atomic mass is 10.1. The Morgan fingerprint density at radius 3 is 2.56 bits per heavy atom. The molecule has 0 aliphatic carbocycles. The fourth-order valence-electron chi connectivity index (χ4n) is 2.10. The van der Waals surface area contributed by atoms with Gasteiger partial charge < -0.3 is 20.3 Å². The fourth-order valence-corrected chi connectivity index (χ4v) is 2.95. The van der Waals surface area contributed by atoms with E-state index in [4.69, 9.17) is 9.84 Å². The van der Waals surface area contributed by atoms with Gasteiger partial charge in [0.15, 0.2) is 11.5 Å². The van der Waals surface area contributed by atoms with Crippen LogP contribution in [0.15, 0.2) is 44.9 Å². The maximum Gasteiger partial charge on any atom is 0.335 e. The van der Waals surface area contributed by atoms with Gasteiger partial charge in [-0.1, -0.05) is 6.07 Å². The van der Waals surface area contributed by atoms with Crippen molar-refractivity contribution >= 4 is 55.5 Å². The third kappa shape index (κ3) is 4.67. The molecule has 0 aliphatic rings. The Kier molecular flexibility index (Phi) is 6.60. The van der Waals surface area contributed by atoms with Gasteiger partial charge in [0.1, 0.15) is 11.6 Å². The number of nitrogens with one attached hydrogen (secondary N) is 1. The zero-order chi connectivity index (χ0) is 20.1. The van der Waals surface area contributed by atoms with Gasteiger partial charge in [0.2, 0.25) is 0 Å². The molecule has 138 valence electrons. The number of aromatic hydroxyl groups is 1. The van der Waals surface area contributed by atoms with Crippen molar-refractivity contribution in [3.05, 3.63) is 56.0 Å². The van der Waals surface area contributed by atoms with Gasteiger partial charge in [-0.3, -0.25) is 4.79 Å². The third-order valence-corrected chi connectivity index (χ3v) is 5.58. The Morgan fingerprint density at radius 2 is 1.96 bits per heavy atom. The number of methoxy groups -OCH3 is 1. The van der Waals surface area contributed by atoms with Crippen molar-refractivity contribution in [1.29, 1.82) is 5.26 Å². The van der Waals surface area contributed by atoms with Crippen LogP contribution in [0, 0.1) is 11.3 Å². The summed E-state index contributed by atoms with van der Waals surface area (Å²) in [4.78, 5) is 23.4. The Bertz CT molecular complexity index is 996. The van der Waals surface area contributed by atoms with Crippen molar-refractivity contribution in [2.45, 2.75) is 0 Å². The molecule has 0 saturated carbocycles. The predicted molar refractivity (Wildman–Crippen MR) is 106 cm³/mol. The standard InChI is InChI=1S/C18H12Br2N2O5/c1-27-13-7-10(14(19)15(20)16(13)23)5-11(8-21)17(24)22-12-4-2-3-9(6-12)18(25)26/h2-7,23H,1H3,(H,22,24)(H,25,26)/b11-5-. The van der Waals surface area contributed by atoms with Crippen LogP contribution in [0.25, 0.3) is 6.08 Å². The highest BCUT2D eigenvalue weighted by Gasteiger charge is 2.17. The lowest BCUT2D eigenvalue weighted by Crippen LogP contribution is -2.14. The van der Waals surface area contributed by atoms with Gasteiger partial charge in [0.25, 0.3) is 5.91 Å². The molecule has 0 radical (unpaired) electrons. The van der Waals surface area contributed by atoms with E-state index in [-0.39, 0.29) is 28.3 Å². The van der Waals surface area contributed by atoms with Gasteiger partial charge >= 0.3 is 5.97 Å². The summed E-state index contributed by atoms with van der Waals surface area (Å²) in [6.07, 6.45) is 1.31. The number of aromatic carboxylic acids is 1. The minimum atomic E-state index is -1.13. The van der Waals surface area contributed by atoms with E-state index in [9.17, 15) is 20.0 Å². The second-order valence-corrected chi connectivity index (χ2v) is 6.74. The molecule has 0 aliphatic heterocycles. The molecule has 0 heterocycles. The van der Waals surface area contributed by atoms with E-state index in [2.05, 4.69) is 37.2 Å². The van der Waals surface area contributed by atoms with Crippen LogP contribution in [0.4, 0.5) is 5.69 Å². The van der Waals surface area contributed by atoms with Crippen LogP contribution in [0.1, 0.15) is 15.9 Å². The first-order valence-electron chi connectivity index (χ1n) is 7.30. The van der Waals surface area contributed by atoms with Crippen LogP contribution in [0.3, 0.4) is 0 Å². The van der Waals surface area contributed by atoms with Gasteiger partial charge in [0, 0.05) is 10.2 Å². The largest absolute Gasteiger partial charge is 0.503 e. The summed E-state index contributed by atoms with van der Waals surface area (Å²) in [5.74, 6) is -1.82. The Labute approximate surface area is 171 Å². The van der Waals surface area contributed by atoms with Crippen molar-refractivity contribution in [3.63, 3.8) is 0 Å². The number of halogens is 2. The van der Waals surface area contributed by atoms with Crippen LogP contribution in [-0.4, -0.2) is 29.2 Å². The first-order valence-corrected chi connectivity index (χ1v) is 8.88. The average Bonchev–Trinajstić information content (AvgIpc) is 2.65. The molecule has 27 heavy (non-hydrogen) atoms. The number of carboxylic acid groups (broad SMARTS) is 1. The van der Waals surface area contributed by atoms with Crippen molar-refractivity contribution in [1.82, 2.24) is 0 Å². The number of carboxylic acids is 1. The summed E-state index contributed by atoms with van der Waals surface area (Å²) in [6, 6.07) is 8.92. The molecule has 0 bridgehead atoms. The lowest BCUT2D eigenvalue weighted by molar-refractivity contribution is -0.112. The number of amides is 1. The van der Waals surface area contributed by atoms with Crippen LogP contribution in [0.2, 0.25) is 0 Å². The number of ether oxygens (including phenoxy) is 1. The van der Waals surface area contributed by atoms with Gasteiger partial charge in [-0.2, -0.15) is 5.26 Å². The normalized spacial score (nSPS) is 10.8. The van der Waals surface area contributed by atoms with Crippen molar-refractivity contribution in [3.8, 4) is 17.6 Å². The van der Waals surface area contributed by atoms with Crippen molar-refractivity contribution < 1.29 is 24.5 Å². The zero-order valence-electron chi connectivity index (χ0n) is 13.8. The monoisotopic (exact) mass is 494 g/mol. The number of nitrogens with zero attached hydrogens (tertiary/aromatic N) is 1. The van der Waals surface area contributed by atoms with Gasteiger partial charge in [-0.15, -0.1) is 0 Å². The molecular formula is C18H12Br2N2O5. The second kappa shape index (κ2) is 8.70. The Hall–Kier alpha value is -2.83. The van der Waals surface area contributed by atoms with Crippen molar-refractivity contribution in [2.24, 2.45) is 0 Å². The summed E-state index contributed by atoms with van der Waals surface area (Å²) in [5, 5.41) is 30.8. The van der Waals surface area contributed by atoms with Crippen LogP contribution >= 0.6 is 31.9 Å². The number of rotatable bonds is 5. The number of nitriles is 1. The van der Waals surface area contributed by atoms with E-state index in [1.807, 2.05) is 0 Å². The lowest BCUT2D eigenvalue weighted by Gasteiger charge is -2.10. The highest BCUT2D eigenvalue weighted by molar-refractivity contribution is 9.13. The first kappa shape index (κ1) is 20.5. The Morgan fingerprint density at radius 1 is 1.26 bits per heavy atom. The molecule has 2 rings (SSSR count). The van der Waals surface area contributed by atoms with Crippen LogP contribution in [-0.2, 0) is 4.79 Å². The quantitative estimate of drug-likeness (QED) is 0.423. The second-order valence-electron chi connectivity index (χ2n) is 5.15. The molecule has 3 N–H and O–H groups in total. The fraction of sp³-hybridized carbons (Fsp3) is 0.0556. The number of hydrogen-bond acceptors (Lipinski definition) is 5. The van der Waals surface area contributed by atoms with E-state index in [0.29, 0.717) is 14.5 Å². The number of carbonyl (C=O) groups is 2. The zero-order valence-corrected chi connectivity index (χ0v) is 17.0. The van der Waals surface area contributed by atoms with E-state index in [1.54, 1.807) is 6.07 Å². The van der Waals surface area contributed by atoms with E-state index >= 15 is 0 Å². The summed E-state index contributed by atoms with van der Waals surface area (Å²) in [5.41, 5.74) is 0.438. The summed E-state index contributed by atoms with van der Waals surface area (Å²) in [6.45, 7) is 0. The number of anilines is 1. The molecule has 2 aromatic carbocycles. The van der Waals surface area contributed by atoms with Crippen LogP contribution in [0.5, 0.6) is 11.5 Å². The molecule has 0 aromatic heterocycles. The maximum atomic E-state index is 12.4. The maximum absolute atomic E-state index is 12.4. The predicted octanol–water partition coefficient (Wildman–Crippen LogP) is 4.17. The molecule has 0 atom stereocenters. The molecule has 9 heteroatoms. The topological polar surface area (TPSA) is 120 Å². The number of carbonyl (C=O) groups excluding carboxylic acids is 1. The summed E-state index contributed by atoms with van der Waals surface area (Å²) >= 11 is 6.48. The minimum Gasteiger partial charge on any atom is -0.503 e. The SMILES string of the molecule is COc1cc(/C=C(/C#N)C(=O)Nc2cccc(C(=O)O)c2)c(Br)c(Br)c1O. The van der Waals surface area contributed by atoms with Crippen LogP contribution < -0.4 is 10.1 Å². The highest BCUT2D eigenvalue weighted by atomic mass is 79.9. The number of phenolic OH excluding ortho intramolecular Hbond substituents is 1. The summed E-state index contributed by atoms with van der Waals surface area (Å²) in [7, 11) is 1.37. The van der Waals surface area contributed by atoms with Crippen molar-refractivity contribution in [2.75, 3.05) is 12.4 Å². The number of benzene rings is 2. The highest BCUT2D eigenvalue weighted by Crippen LogP contribution is 2.42. The van der Waals surface area contributed by atoms with E-state index < -0.39 is 11.9 Å². The van der Waals surface area contributed by atoms with Gasteiger partial charge in [-0.05, 0) is 67.8 Å². The first-order chi connectivity index (χ1) is 12.8. The van der Waals surface area contributed by atoms with Gasteiger partial charge in [0.05, 0.1) is 17.1 Å². The minimum absolute atomic E-state index is 0.00485. The Balaban J connectivity index is 2.38. The molecule has 1 amide bonds. The van der Waals surface area contributed by atoms with Gasteiger partial charge in [-0.25, -0.2) is 4.79 Å². The van der Waals surface area contributed by atoms with E-state index in [0.717, 1.165) is 0 Å². The molecular weight excluding hydrogens is 484 g/mol. The average molecular weight is 496 g/mol. The molecule has 7 nitrogen and oxygen atoms in total. The molecule has 0 saturated heterocycles. The summed E-state index contributed by atoms with van der Waals surface area (Å²) < 4.78 is 5.79. The molecule has 0 spiro atoms. The molecule has 0 fully saturated rings.